The Kier molecular flexibility index (Phi) is 6.81. The average Bonchev–Trinajstić information content (AvgIpc) is 2.69. The van der Waals surface area contributed by atoms with Crippen molar-refractivity contribution in [3.05, 3.63) is 58.1 Å². The largest absolute Gasteiger partial charge is 0.367 e. The van der Waals surface area contributed by atoms with Crippen LogP contribution in [0.3, 0.4) is 0 Å². The first-order chi connectivity index (χ1) is 13.5. The molecule has 1 N–H and O–H groups in total. The number of carbonyl (C=O) groups excluding carboxylic acids is 2. The normalized spacial score (nSPS) is 14.1. The quantitative estimate of drug-likeness (QED) is 0.764. The fourth-order valence-electron chi connectivity index (χ4n) is 3.21. The summed E-state index contributed by atoms with van der Waals surface area (Å²) in [4.78, 5) is 28.4. The standard InChI is InChI=1S/C21H23Cl2N3O2/c1-2-3-20(27)26-12-10-25(11-13-26)19-9-8-17(14-18(19)23)24-21(28)15-4-6-16(22)7-5-15/h4-9,14H,2-3,10-13H2,1H3,(H,24,28). The van der Waals surface area contributed by atoms with E-state index in [1.165, 1.54) is 0 Å². The van der Waals surface area contributed by atoms with Gasteiger partial charge in [-0.3, -0.25) is 9.59 Å². The van der Waals surface area contributed by atoms with E-state index < -0.39 is 0 Å². The summed E-state index contributed by atoms with van der Waals surface area (Å²) in [6, 6.07) is 12.2. The van der Waals surface area contributed by atoms with E-state index >= 15 is 0 Å². The number of piperazine rings is 1. The third kappa shape index (κ3) is 4.97. The molecule has 1 aliphatic heterocycles. The SMILES string of the molecule is CCCC(=O)N1CCN(c2ccc(NC(=O)c3ccc(Cl)cc3)cc2Cl)CC1. The molecule has 3 rings (SSSR count). The minimum atomic E-state index is -0.219. The van der Waals surface area contributed by atoms with E-state index in [4.69, 9.17) is 23.2 Å². The molecule has 0 saturated carbocycles. The number of rotatable bonds is 5. The molecular weight excluding hydrogens is 397 g/mol. The van der Waals surface area contributed by atoms with Crippen LogP contribution in [0, 0.1) is 0 Å². The molecule has 2 aromatic rings. The molecule has 0 aliphatic carbocycles. The third-order valence-electron chi connectivity index (χ3n) is 4.75. The topological polar surface area (TPSA) is 52.7 Å². The van der Waals surface area contributed by atoms with E-state index in [0.717, 1.165) is 25.2 Å². The highest BCUT2D eigenvalue weighted by atomic mass is 35.5. The molecule has 1 fully saturated rings. The zero-order valence-electron chi connectivity index (χ0n) is 15.8. The molecule has 148 valence electrons. The minimum Gasteiger partial charge on any atom is -0.367 e. The second-order valence-corrected chi connectivity index (χ2v) is 7.59. The Hall–Kier alpha value is -2.24. The van der Waals surface area contributed by atoms with Crippen LogP contribution in [-0.4, -0.2) is 42.9 Å². The van der Waals surface area contributed by atoms with Gasteiger partial charge >= 0.3 is 0 Å². The maximum absolute atomic E-state index is 12.3. The van der Waals surface area contributed by atoms with Crippen LogP contribution in [0.2, 0.25) is 10.0 Å². The van der Waals surface area contributed by atoms with Crippen molar-refractivity contribution in [1.82, 2.24) is 4.90 Å². The molecule has 1 aliphatic rings. The van der Waals surface area contributed by atoms with E-state index in [9.17, 15) is 9.59 Å². The first-order valence-electron chi connectivity index (χ1n) is 9.37. The third-order valence-corrected chi connectivity index (χ3v) is 5.30. The van der Waals surface area contributed by atoms with Crippen molar-refractivity contribution in [2.75, 3.05) is 36.4 Å². The van der Waals surface area contributed by atoms with Crippen LogP contribution < -0.4 is 10.2 Å². The zero-order valence-corrected chi connectivity index (χ0v) is 17.3. The van der Waals surface area contributed by atoms with Crippen molar-refractivity contribution in [2.24, 2.45) is 0 Å². The van der Waals surface area contributed by atoms with E-state index in [2.05, 4.69) is 10.2 Å². The van der Waals surface area contributed by atoms with Gasteiger partial charge in [0.2, 0.25) is 5.91 Å². The molecule has 0 spiro atoms. The van der Waals surface area contributed by atoms with Gasteiger partial charge in [0.05, 0.1) is 10.7 Å². The Balaban J connectivity index is 1.62. The molecule has 0 bridgehead atoms. The van der Waals surface area contributed by atoms with Gasteiger partial charge < -0.3 is 15.1 Å². The molecule has 7 heteroatoms. The predicted molar refractivity (Wildman–Crippen MR) is 115 cm³/mol. The fraction of sp³-hybridized carbons (Fsp3) is 0.333. The lowest BCUT2D eigenvalue weighted by molar-refractivity contribution is -0.131. The predicted octanol–water partition coefficient (Wildman–Crippen LogP) is 4.69. The van der Waals surface area contributed by atoms with Crippen molar-refractivity contribution in [3.63, 3.8) is 0 Å². The van der Waals surface area contributed by atoms with Gasteiger partial charge in [0, 0.05) is 48.9 Å². The average molecular weight is 420 g/mol. The molecule has 1 heterocycles. The number of anilines is 2. The summed E-state index contributed by atoms with van der Waals surface area (Å²) in [5.74, 6) is -0.00274. The minimum absolute atomic E-state index is 0.216. The van der Waals surface area contributed by atoms with Crippen LogP contribution in [0.1, 0.15) is 30.1 Å². The van der Waals surface area contributed by atoms with Crippen LogP contribution >= 0.6 is 23.2 Å². The van der Waals surface area contributed by atoms with Crippen LogP contribution in [0.15, 0.2) is 42.5 Å². The summed E-state index contributed by atoms with van der Waals surface area (Å²) in [6.45, 7) is 4.90. The maximum atomic E-state index is 12.3. The van der Waals surface area contributed by atoms with E-state index in [1.54, 1.807) is 30.3 Å². The Labute approximate surface area is 175 Å². The Morgan fingerprint density at radius 3 is 2.29 bits per heavy atom. The monoisotopic (exact) mass is 419 g/mol. The van der Waals surface area contributed by atoms with Crippen molar-refractivity contribution in [3.8, 4) is 0 Å². The fourth-order valence-corrected chi connectivity index (χ4v) is 3.64. The second kappa shape index (κ2) is 9.30. The number of nitrogens with one attached hydrogen (secondary N) is 1. The van der Waals surface area contributed by atoms with Gasteiger partial charge in [-0.25, -0.2) is 0 Å². The summed E-state index contributed by atoms with van der Waals surface area (Å²) in [5.41, 5.74) is 2.07. The van der Waals surface area contributed by atoms with Crippen molar-refractivity contribution in [1.29, 1.82) is 0 Å². The molecule has 28 heavy (non-hydrogen) atoms. The lowest BCUT2D eigenvalue weighted by atomic mass is 10.2. The molecule has 2 aromatic carbocycles. The number of hydrogen-bond donors (Lipinski definition) is 1. The number of nitrogens with zero attached hydrogens (tertiary/aromatic N) is 2. The molecule has 0 aromatic heterocycles. The van der Waals surface area contributed by atoms with Crippen molar-refractivity contribution in [2.45, 2.75) is 19.8 Å². The first kappa shape index (κ1) is 20.5. The van der Waals surface area contributed by atoms with E-state index in [1.807, 2.05) is 24.0 Å². The van der Waals surface area contributed by atoms with Crippen molar-refractivity contribution >= 4 is 46.4 Å². The molecule has 0 atom stereocenters. The molecule has 1 saturated heterocycles. The van der Waals surface area contributed by atoms with Crippen LogP contribution in [0.4, 0.5) is 11.4 Å². The highest BCUT2D eigenvalue weighted by Crippen LogP contribution is 2.30. The van der Waals surface area contributed by atoms with Gasteiger partial charge in [0.1, 0.15) is 0 Å². The number of hydrogen-bond acceptors (Lipinski definition) is 3. The molecule has 0 unspecified atom stereocenters. The Bertz CT molecular complexity index is 847. The molecule has 5 nitrogen and oxygen atoms in total. The summed E-state index contributed by atoms with van der Waals surface area (Å²) in [5, 5.41) is 4.00. The number of carbonyl (C=O) groups is 2. The Morgan fingerprint density at radius 2 is 1.68 bits per heavy atom. The van der Waals surface area contributed by atoms with E-state index in [0.29, 0.717) is 40.8 Å². The van der Waals surface area contributed by atoms with Gasteiger partial charge in [-0.05, 0) is 48.9 Å². The number of halogens is 2. The summed E-state index contributed by atoms with van der Waals surface area (Å²) in [7, 11) is 0. The van der Waals surface area contributed by atoms with Crippen LogP contribution in [0.5, 0.6) is 0 Å². The van der Waals surface area contributed by atoms with Gasteiger partial charge in [-0.15, -0.1) is 0 Å². The molecule has 0 radical (unpaired) electrons. The van der Waals surface area contributed by atoms with Crippen LogP contribution in [-0.2, 0) is 4.79 Å². The maximum Gasteiger partial charge on any atom is 0.255 e. The van der Waals surface area contributed by atoms with Gasteiger partial charge in [0.25, 0.3) is 5.91 Å². The summed E-state index contributed by atoms with van der Waals surface area (Å²) >= 11 is 12.3. The highest BCUT2D eigenvalue weighted by Gasteiger charge is 2.22. The lowest BCUT2D eigenvalue weighted by Gasteiger charge is -2.36. The van der Waals surface area contributed by atoms with Gasteiger partial charge in [-0.1, -0.05) is 30.1 Å². The first-order valence-corrected chi connectivity index (χ1v) is 10.1. The number of amides is 2. The second-order valence-electron chi connectivity index (χ2n) is 6.75. The highest BCUT2D eigenvalue weighted by molar-refractivity contribution is 6.33. The molecule has 2 amide bonds. The van der Waals surface area contributed by atoms with E-state index in [-0.39, 0.29) is 11.8 Å². The smallest absolute Gasteiger partial charge is 0.255 e. The number of benzene rings is 2. The van der Waals surface area contributed by atoms with Crippen LogP contribution in [0.25, 0.3) is 0 Å². The van der Waals surface area contributed by atoms with Gasteiger partial charge in [0.15, 0.2) is 0 Å². The molecular formula is C21H23Cl2N3O2. The lowest BCUT2D eigenvalue weighted by Crippen LogP contribution is -2.48. The van der Waals surface area contributed by atoms with Crippen molar-refractivity contribution < 1.29 is 9.59 Å². The van der Waals surface area contributed by atoms with Gasteiger partial charge in [-0.2, -0.15) is 0 Å². The summed E-state index contributed by atoms with van der Waals surface area (Å²) in [6.07, 6.45) is 1.47. The zero-order chi connectivity index (χ0) is 20.1. The Morgan fingerprint density at radius 1 is 1.00 bits per heavy atom. The summed E-state index contributed by atoms with van der Waals surface area (Å²) < 4.78 is 0.